The van der Waals surface area contributed by atoms with Crippen LogP contribution in [-0.2, 0) is 14.8 Å². The second-order valence-corrected chi connectivity index (χ2v) is 9.37. The molecule has 0 N–H and O–H groups in total. The first-order valence-electron chi connectivity index (χ1n) is 9.22. The Hall–Kier alpha value is -2.37. The maximum absolute atomic E-state index is 13.2. The van der Waals surface area contributed by atoms with E-state index >= 15 is 0 Å². The summed E-state index contributed by atoms with van der Waals surface area (Å²) in [7, 11) is -3.57. The van der Waals surface area contributed by atoms with Crippen LogP contribution in [0.2, 0.25) is 0 Å². The Balaban J connectivity index is 1.58. The molecule has 3 heterocycles. The van der Waals surface area contributed by atoms with Gasteiger partial charge in [0.25, 0.3) is 10.0 Å². The Kier molecular flexibility index (Phi) is 3.61. The van der Waals surface area contributed by atoms with Crippen LogP contribution >= 0.6 is 0 Å². The van der Waals surface area contributed by atoms with E-state index in [1.54, 1.807) is 12.1 Å². The monoisotopic (exact) mass is 379 g/mol. The summed E-state index contributed by atoms with van der Waals surface area (Å²) in [6, 6.07) is 17.2. The fourth-order valence-corrected chi connectivity index (χ4v) is 5.73. The molecule has 4 nitrogen and oxygen atoms in total. The fourth-order valence-electron chi connectivity index (χ4n) is 4.39. The maximum atomic E-state index is 13.2. The van der Waals surface area contributed by atoms with Crippen LogP contribution in [0.4, 0.5) is 0 Å². The maximum Gasteiger partial charge on any atom is 0.263 e. The van der Waals surface area contributed by atoms with Gasteiger partial charge in [0.1, 0.15) is 5.60 Å². The van der Waals surface area contributed by atoms with E-state index in [1.165, 1.54) is 4.31 Å². The highest BCUT2D eigenvalue weighted by Gasteiger charge is 2.55. The first kappa shape index (κ1) is 16.8. The van der Waals surface area contributed by atoms with Crippen LogP contribution in [0, 0.1) is 6.92 Å². The van der Waals surface area contributed by atoms with E-state index < -0.39 is 15.6 Å². The summed E-state index contributed by atoms with van der Waals surface area (Å²) >= 11 is 0. The number of benzene rings is 2. The molecule has 2 aromatic carbocycles. The van der Waals surface area contributed by atoms with Crippen molar-refractivity contribution in [1.82, 2.24) is 4.31 Å². The highest BCUT2D eigenvalue weighted by molar-refractivity contribution is 7.89. The highest BCUT2D eigenvalue weighted by atomic mass is 32.2. The summed E-state index contributed by atoms with van der Waals surface area (Å²) in [5.41, 5.74) is 2.79. The molecule has 3 aliphatic rings. The van der Waals surface area contributed by atoms with E-state index in [0.717, 1.165) is 16.7 Å². The van der Waals surface area contributed by atoms with Crippen LogP contribution in [0.25, 0.3) is 0 Å². The lowest BCUT2D eigenvalue weighted by atomic mass is 9.75. The van der Waals surface area contributed by atoms with Crippen LogP contribution < -0.4 is 0 Å². The van der Waals surface area contributed by atoms with Gasteiger partial charge in [0.2, 0.25) is 0 Å². The van der Waals surface area contributed by atoms with Gasteiger partial charge in [-0.3, -0.25) is 4.31 Å². The quantitative estimate of drug-likeness (QED) is 0.763. The molecule has 0 saturated carbocycles. The van der Waals surface area contributed by atoms with Crippen molar-refractivity contribution in [3.05, 3.63) is 89.6 Å². The molecule has 138 valence electrons. The van der Waals surface area contributed by atoms with Gasteiger partial charge < -0.3 is 4.74 Å². The van der Waals surface area contributed by atoms with Crippen LogP contribution in [0.15, 0.2) is 83.4 Å². The molecule has 3 atom stereocenters. The van der Waals surface area contributed by atoms with Crippen molar-refractivity contribution in [1.29, 1.82) is 0 Å². The van der Waals surface area contributed by atoms with Gasteiger partial charge in [0.05, 0.1) is 11.0 Å². The first-order valence-corrected chi connectivity index (χ1v) is 10.7. The summed E-state index contributed by atoms with van der Waals surface area (Å²) in [6.07, 6.45) is 6.67. The van der Waals surface area contributed by atoms with E-state index in [4.69, 9.17) is 4.74 Å². The lowest BCUT2D eigenvalue weighted by Crippen LogP contribution is -2.40. The number of fused-ring (bicyclic) bond motifs is 1. The Morgan fingerprint density at radius 1 is 1.07 bits per heavy atom. The predicted molar refractivity (Wildman–Crippen MR) is 104 cm³/mol. The Bertz CT molecular complexity index is 1040. The molecule has 1 spiro atoms. The van der Waals surface area contributed by atoms with Crippen LogP contribution in [0.5, 0.6) is 0 Å². The predicted octanol–water partition coefficient (Wildman–Crippen LogP) is 3.76. The third kappa shape index (κ3) is 2.49. The standard InChI is InChI=1S/C22H21NO3S/c1-16-7-9-18(10-8-16)27(24,25)23-14-13-22-12-11-20(26-22)21(19(22)15-23)17-5-3-2-4-6-17/h2-12,15,20-21H,13-14H2,1H3/t20-,21-,22-/m0/s1. The van der Waals surface area contributed by atoms with Crippen molar-refractivity contribution in [2.45, 2.75) is 35.9 Å². The zero-order valence-corrected chi connectivity index (χ0v) is 15.9. The molecular formula is C22H21NO3S. The van der Waals surface area contributed by atoms with E-state index in [-0.39, 0.29) is 12.0 Å². The minimum atomic E-state index is -3.57. The molecule has 1 saturated heterocycles. The number of ether oxygens (including phenoxy) is 1. The lowest BCUT2D eigenvalue weighted by Gasteiger charge is -2.36. The number of hydrogen-bond acceptors (Lipinski definition) is 3. The topological polar surface area (TPSA) is 46.6 Å². The van der Waals surface area contributed by atoms with Crippen molar-refractivity contribution in [3.8, 4) is 0 Å². The molecule has 3 aliphatic heterocycles. The van der Waals surface area contributed by atoms with Gasteiger partial charge in [-0.2, -0.15) is 0 Å². The van der Waals surface area contributed by atoms with Gasteiger partial charge in [0.15, 0.2) is 0 Å². The third-order valence-corrected chi connectivity index (χ3v) is 7.60. The van der Waals surface area contributed by atoms with Crippen LogP contribution in [-0.4, -0.2) is 31.0 Å². The van der Waals surface area contributed by atoms with Crippen LogP contribution in [0.3, 0.4) is 0 Å². The minimum Gasteiger partial charge on any atom is -0.358 e. The summed E-state index contributed by atoms with van der Waals surface area (Å²) in [4.78, 5) is 0.330. The summed E-state index contributed by atoms with van der Waals surface area (Å²) in [5.74, 6) is 0.0622. The van der Waals surface area contributed by atoms with Gasteiger partial charge in [-0.1, -0.05) is 54.1 Å². The van der Waals surface area contributed by atoms with Crippen LogP contribution in [0.1, 0.15) is 23.5 Å². The second-order valence-electron chi connectivity index (χ2n) is 7.48. The smallest absolute Gasteiger partial charge is 0.263 e. The van der Waals surface area contributed by atoms with Crippen molar-refractivity contribution >= 4 is 10.0 Å². The largest absolute Gasteiger partial charge is 0.358 e. The molecule has 0 amide bonds. The van der Waals surface area contributed by atoms with Gasteiger partial charge in [0, 0.05) is 25.1 Å². The number of aryl methyl sites for hydroxylation is 1. The number of nitrogens with zero attached hydrogens (tertiary/aromatic N) is 1. The van der Waals surface area contributed by atoms with E-state index in [9.17, 15) is 8.42 Å². The zero-order chi connectivity index (χ0) is 18.6. The number of hydrogen-bond donors (Lipinski definition) is 0. The molecular weight excluding hydrogens is 358 g/mol. The van der Waals surface area contributed by atoms with Crippen molar-refractivity contribution in [2.24, 2.45) is 0 Å². The fraction of sp³-hybridized carbons (Fsp3) is 0.273. The highest BCUT2D eigenvalue weighted by Crippen LogP contribution is 2.54. The number of rotatable bonds is 3. The molecule has 1 fully saturated rings. The minimum absolute atomic E-state index is 0.0271. The van der Waals surface area contributed by atoms with Crippen molar-refractivity contribution in [2.75, 3.05) is 6.54 Å². The van der Waals surface area contributed by atoms with Crippen molar-refractivity contribution in [3.63, 3.8) is 0 Å². The molecule has 0 unspecified atom stereocenters. The van der Waals surface area contributed by atoms with E-state index in [0.29, 0.717) is 17.9 Å². The second kappa shape index (κ2) is 5.81. The molecule has 5 rings (SSSR count). The van der Waals surface area contributed by atoms with E-state index in [1.807, 2.05) is 43.5 Å². The lowest BCUT2D eigenvalue weighted by molar-refractivity contribution is 0.0322. The molecule has 0 aromatic heterocycles. The normalized spacial score (nSPS) is 28.9. The molecule has 27 heavy (non-hydrogen) atoms. The van der Waals surface area contributed by atoms with Crippen molar-refractivity contribution < 1.29 is 13.2 Å². The molecule has 0 radical (unpaired) electrons. The van der Waals surface area contributed by atoms with Gasteiger partial charge in [-0.05, 0) is 36.3 Å². The summed E-state index contributed by atoms with van der Waals surface area (Å²) in [6.45, 7) is 2.37. The average Bonchev–Trinajstić information content (AvgIpc) is 3.24. The Morgan fingerprint density at radius 3 is 2.56 bits per heavy atom. The van der Waals surface area contributed by atoms with Gasteiger partial charge in [-0.25, -0.2) is 8.42 Å². The Morgan fingerprint density at radius 2 is 1.81 bits per heavy atom. The summed E-state index contributed by atoms with van der Waals surface area (Å²) < 4.78 is 34.1. The molecule has 2 aromatic rings. The van der Waals surface area contributed by atoms with Gasteiger partial charge in [-0.15, -0.1) is 0 Å². The SMILES string of the molecule is Cc1ccc(S(=O)(=O)N2C=C3[C@H](c4ccccc4)[C@@H]4C=C[C@@]3(CC2)O4)cc1. The zero-order valence-electron chi connectivity index (χ0n) is 15.1. The summed E-state index contributed by atoms with van der Waals surface area (Å²) in [5, 5.41) is 0. The molecule has 0 aliphatic carbocycles. The average molecular weight is 379 g/mol. The molecule has 2 bridgehead atoms. The van der Waals surface area contributed by atoms with E-state index in [2.05, 4.69) is 24.3 Å². The number of sulfonamides is 1. The van der Waals surface area contributed by atoms with Gasteiger partial charge >= 0.3 is 0 Å². The molecule has 5 heteroatoms. The first-order chi connectivity index (χ1) is 13.0. The Labute approximate surface area is 159 Å². The third-order valence-electron chi connectivity index (χ3n) is 5.83.